The number of hydrogen-bond donors (Lipinski definition) is 0. The number of thioether (sulfide) groups is 1. The number of carbonyl (C=O) groups excluding carboxylic acids is 1. The molecule has 0 aromatic heterocycles. The van der Waals surface area contributed by atoms with Gasteiger partial charge in [0.1, 0.15) is 5.75 Å². The van der Waals surface area contributed by atoms with E-state index in [-0.39, 0.29) is 5.78 Å². The highest BCUT2D eigenvalue weighted by atomic mass is 32.2. The summed E-state index contributed by atoms with van der Waals surface area (Å²) >= 11 is 2.00. The lowest BCUT2D eigenvalue weighted by Gasteiger charge is -2.20. The van der Waals surface area contributed by atoms with Gasteiger partial charge < -0.3 is 4.74 Å². The number of hydrogen-bond acceptors (Lipinski definition) is 3. The summed E-state index contributed by atoms with van der Waals surface area (Å²) in [5.74, 6) is 3.93. The summed E-state index contributed by atoms with van der Waals surface area (Å²) < 4.78 is 5.52. The van der Waals surface area contributed by atoms with Crippen molar-refractivity contribution >= 4 is 17.5 Å². The molecule has 0 aliphatic carbocycles. The third-order valence-electron chi connectivity index (χ3n) is 3.30. The molecule has 0 saturated carbocycles. The lowest BCUT2D eigenvalue weighted by atomic mass is 9.93. The molecule has 0 radical (unpaired) electrons. The molecule has 1 aliphatic heterocycles. The van der Waals surface area contributed by atoms with Crippen LogP contribution in [-0.4, -0.2) is 23.9 Å². The highest BCUT2D eigenvalue weighted by molar-refractivity contribution is 7.99. The molecule has 1 aliphatic rings. The Labute approximate surface area is 113 Å². The van der Waals surface area contributed by atoms with Gasteiger partial charge in [0.05, 0.1) is 12.2 Å². The van der Waals surface area contributed by atoms with Gasteiger partial charge in [-0.3, -0.25) is 4.79 Å². The molecule has 0 bridgehead atoms. The van der Waals surface area contributed by atoms with Gasteiger partial charge >= 0.3 is 0 Å². The van der Waals surface area contributed by atoms with Crippen molar-refractivity contribution < 1.29 is 9.53 Å². The van der Waals surface area contributed by atoms with E-state index in [1.807, 2.05) is 43.0 Å². The van der Waals surface area contributed by atoms with Crippen LogP contribution in [0.1, 0.15) is 36.5 Å². The number of carbonyl (C=O) groups is 1. The first kappa shape index (κ1) is 13.5. The maximum atomic E-state index is 12.3. The number of Topliss-reactive ketones (excluding diaryl/α,β-unsaturated/α-hetero) is 1. The predicted octanol–water partition coefficient (Wildman–Crippen LogP) is 3.80. The highest BCUT2D eigenvalue weighted by Crippen LogP contribution is 2.28. The van der Waals surface area contributed by atoms with Gasteiger partial charge in [-0.2, -0.15) is 11.8 Å². The molecule has 18 heavy (non-hydrogen) atoms. The fraction of sp³-hybridized carbons (Fsp3) is 0.533. The van der Waals surface area contributed by atoms with Crippen LogP contribution in [0.4, 0.5) is 0 Å². The summed E-state index contributed by atoms with van der Waals surface area (Å²) in [4.78, 5) is 12.3. The van der Waals surface area contributed by atoms with Crippen LogP contribution >= 0.6 is 11.8 Å². The Hall–Kier alpha value is -0.960. The van der Waals surface area contributed by atoms with Crippen molar-refractivity contribution in [2.45, 2.75) is 26.2 Å². The average molecular weight is 264 g/mol. The van der Waals surface area contributed by atoms with E-state index in [9.17, 15) is 4.79 Å². The Bertz CT molecular complexity index is 397. The Morgan fingerprint density at radius 1 is 1.33 bits per heavy atom. The number of ketones is 1. The van der Waals surface area contributed by atoms with Gasteiger partial charge in [0.2, 0.25) is 0 Å². The van der Waals surface area contributed by atoms with Crippen molar-refractivity contribution in [3.05, 3.63) is 29.8 Å². The quantitative estimate of drug-likeness (QED) is 0.757. The predicted molar refractivity (Wildman–Crippen MR) is 76.6 cm³/mol. The first-order valence-corrected chi connectivity index (χ1v) is 7.79. The minimum absolute atomic E-state index is 0.232. The number of rotatable bonds is 5. The van der Waals surface area contributed by atoms with Gasteiger partial charge in [-0.1, -0.05) is 12.1 Å². The monoisotopic (exact) mass is 264 g/mol. The number of para-hydroxylation sites is 1. The van der Waals surface area contributed by atoms with Crippen LogP contribution in [0.25, 0.3) is 0 Å². The van der Waals surface area contributed by atoms with Crippen LogP contribution in [0.15, 0.2) is 24.3 Å². The molecule has 2 nitrogen and oxygen atoms in total. The summed E-state index contributed by atoms with van der Waals surface area (Å²) in [6.45, 7) is 2.55. The molecular weight excluding hydrogens is 244 g/mol. The van der Waals surface area contributed by atoms with Crippen LogP contribution in [-0.2, 0) is 0 Å². The molecule has 1 heterocycles. The summed E-state index contributed by atoms with van der Waals surface area (Å²) in [6.07, 6.45) is 3.02. The molecule has 0 N–H and O–H groups in total. The zero-order valence-corrected chi connectivity index (χ0v) is 11.7. The zero-order valence-electron chi connectivity index (χ0n) is 10.9. The van der Waals surface area contributed by atoms with Crippen LogP contribution in [0.3, 0.4) is 0 Å². The standard InChI is InChI=1S/C15H20O2S/c1-2-17-15-6-4-3-5-13(15)14(16)11-12-7-9-18-10-8-12/h3-6,12H,2,7-11H2,1H3. The van der Waals surface area contributed by atoms with E-state index < -0.39 is 0 Å². The van der Waals surface area contributed by atoms with Crippen molar-refractivity contribution in [3.63, 3.8) is 0 Å². The molecule has 1 aromatic rings. The van der Waals surface area contributed by atoms with Gasteiger partial charge in [0, 0.05) is 6.42 Å². The molecule has 0 spiro atoms. The Balaban J connectivity index is 2.03. The second-order valence-corrected chi connectivity index (χ2v) is 5.84. The average Bonchev–Trinajstić information content (AvgIpc) is 2.41. The maximum Gasteiger partial charge on any atom is 0.166 e. The Morgan fingerprint density at radius 3 is 2.78 bits per heavy atom. The first-order chi connectivity index (χ1) is 8.81. The smallest absolute Gasteiger partial charge is 0.166 e. The molecule has 1 saturated heterocycles. The van der Waals surface area contributed by atoms with E-state index in [0.717, 1.165) is 11.3 Å². The second kappa shape index (κ2) is 6.83. The first-order valence-electron chi connectivity index (χ1n) is 6.64. The van der Waals surface area contributed by atoms with Gasteiger partial charge in [-0.15, -0.1) is 0 Å². The molecule has 0 unspecified atom stereocenters. The molecule has 1 aromatic carbocycles. The maximum absolute atomic E-state index is 12.3. The fourth-order valence-electron chi connectivity index (χ4n) is 2.30. The topological polar surface area (TPSA) is 26.3 Å². The number of benzene rings is 1. The van der Waals surface area contributed by atoms with Crippen molar-refractivity contribution in [1.82, 2.24) is 0 Å². The Morgan fingerprint density at radius 2 is 2.06 bits per heavy atom. The largest absolute Gasteiger partial charge is 0.493 e. The molecule has 98 valence electrons. The van der Waals surface area contributed by atoms with Crippen molar-refractivity contribution in [1.29, 1.82) is 0 Å². The highest BCUT2D eigenvalue weighted by Gasteiger charge is 2.20. The van der Waals surface area contributed by atoms with Crippen molar-refractivity contribution in [3.8, 4) is 5.75 Å². The van der Waals surface area contributed by atoms with Gasteiger partial charge in [0.15, 0.2) is 5.78 Å². The molecule has 0 atom stereocenters. The molecule has 1 fully saturated rings. The minimum Gasteiger partial charge on any atom is -0.493 e. The second-order valence-electron chi connectivity index (χ2n) is 4.61. The number of ether oxygens (including phenoxy) is 1. The van der Waals surface area contributed by atoms with Crippen LogP contribution < -0.4 is 4.74 Å². The zero-order chi connectivity index (χ0) is 12.8. The normalized spacial score (nSPS) is 16.5. The van der Waals surface area contributed by atoms with Crippen molar-refractivity contribution in [2.24, 2.45) is 5.92 Å². The van der Waals surface area contributed by atoms with Crippen LogP contribution in [0.5, 0.6) is 5.75 Å². The van der Waals surface area contributed by atoms with E-state index in [4.69, 9.17) is 4.74 Å². The van der Waals surface area contributed by atoms with E-state index in [1.165, 1.54) is 24.3 Å². The molecule has 2 rings (SSSR count). The summed E-state index contributed by atoms with van der Waals surface area (Å²) in [5.41, 5.74) is 0.748. The summed E-state index contributed by atoms with van der Waals surface area (Å²) in [5, 5.41) is 0. The third kappa shape index (κ3) is 3.52. The van der Waals surface area contributed by atoms with E-state index >= 15 is 0 Å². The molecular formula is C15H20O2S. The van der Waals surface area contributed by atoms with E-state index in [0.29, 0.717) is 18.9 Å². The van der Waals surface area contributed by atoms with Gasteiger partial charge in [0.25, 0.3) is 0 Å². The third-order valence-corrected chi connectivity index (χ3v) is 4.35. The molecule has 3 heteroatoms. The molecule has 0 amide bonds. The van der Waals surface area contributed by atoms with Gasteiger partial charge in [-0.05, 0) is 49.3 Å². The SMILES string of the molecule is CCOc1ccccc1C(=O)CC1CCSCC1. The van der Waals surface area contributed by atoms with Crippen molar-refractivity contribution in [2.75, 3.05) is 18.1 Å². The van der Waals surface area contributed by atoms with Gasteiger partial charge in [-0.25, -0.2) is 0 Å². The summed E-state index contributed by atoms with van der Waals surface area (Å²) in [6, 6.07) is 7.59. The van der Waals surface area contributed by atoms with Crippen LogP contribution in [0, 0.1) is 5.92 Å². The van der Waals surface area contributed by atoms with Crippen LogP contribution in [0.2, 0.25) is 0 Å². The lowest BCUT2D eigenvalue weighted by Crippen LogP contribution is -2.15. The Kier molecular flexibility index (Phi) is 5.12. The lowest BCUT2D eigenvalue weighted by molar-refractivity contribution is 0.0955. The fourth-order valence-corrected chi connectivity index (χ4v) is 3.51. The van der Waals surface area contributed by atoms with E-state index in [2.05, 4.69) is 0 Å². The minimum atomic E-state index is 0.232. The summed E-state index contributed by atoms with van der Waals surface area (Å²) in [7, 11) is 0. The van der Waals surface area contributed by atoms with E-state index in [1.54, 1.807) is 0 Å².